The quantitative estimate of drug-likeness (QED) is 0.818. The summed E-state index contributed by atoms with van der Waals surface area (Å²) in [6.45, 7) is 6.15. The number of hydrogen-bond acceptors (Lipinski definition) is 2. The first-order chi connectivity index (χ1) is 7.54. The molecule has 1 aromatic carbocycles. The standard InChI is InChI=1S/C14H20O2/c1-4-12(15)9-14(10(2)3)11-5-7-13(16)8-6-11/h5-10,12,15-16H,4H2,1-3H3. The molecule has 0 aliphatic rings. The van der Waals surface area contributed by atoms with Crippen LogP contribution in [0.5, 0.6) is 5.75 Å². The molecule has 0 aliphatic heterocycles. The van der Waals surface area contributed by atoms with Crippen LogP contribution in [0, 0.1) is 5.92 Å². The molecule has 0 aromatic heterocycles. The molecule has 2 heteroatoms. The molecule has 0 fully saturated rings. The molecule has 0 saturated heterocycles. The lowest BCUT2D eigenvalue weighted by Gasteiger charge is -2.14. The lowest BCUT2D eigenvalue weighted by atomic mass is 9.93. The van der Waals surface area contributed by atoms with Crippen LogP contribution < -0.4 is 0 Å². The van der Waals surface area contributed by atoms with Gasteiger partial charge in [0, 0.05) is 0 Å². The van der Waals surface area contributed by atoms with Gasteiger partial charge in [-0.1, -0.05) is 39.0 Å². The van der Waals surface area contributed by atoms with Crippen molar-refractivity contribution < 1.29 is 10.2 Å². The molecule has 0 saturated carbocycles. The second-order valence-electron chi connectivity index (χ2n) is 4.30. The summed E-state index contributed by atoms with van der Waals surface area (Å²) in [5, 5.41) is 18.9. The Morgan fingerprint density at radius 1 is 1.25 bits per heavy atom. The molecule has 0 spiro atoms. The van der Waals surface area contributed by atoms with Gasteiger partial charge in [-0.3, -0.25) is 0 Å². The van der Waals surface area contributed by atoms with Gasteiger partial charge >= 0.3 is 0 Å². The van der Waals surface area contributed by atoms with Crippen molar-refractivity contribution in [2.45, 2.75) is 33.3 Å². The maximum absolute atomic E-state index is 9.67. The Morgan fingerprint density at radius 3 is 2.25 bits per heavy atom. The lowest BCUT2D eigenvalue weighted by Crippen LogP contribution is -2.03. The van der Waals surface area contributed by atoms with Crippen molar-refractivity contribution in [2.75, 3.05) is 0 Å². The lowest BCUT2D eigenvalue weighted by molar-refractivity contribution is 0.219. The van der Waals surface area contributed by atoms with E-state index >= 15 is 0 Å². The van der Waals surface area contributed by atoms with Crippen LogP contribution >= 0.6 is 0 Å². The smallest absolute Gasteiger partial charge is 0.115 e. The average molecular weight is 220 g/mol. The summed E-state index contributed by atoms with van der Waals surface area (Å²) in [7, 11) is 0. The SMILES string of the molecule is CCC(O)C=C(c1ccc(O)cc1)C(C)C. The van der Waals surface area contributed by atoms with Crippen molar-refractivity contribution >= 4 is 5.57 Å². The van der Waals surface area contributed by atoms with Gasteiger partial charge in [0.05, 0.1) is 6.10 Å². The van der Waals surface area contributed by atoms with Crippen molar-refractivity contribution in [1.82, 2.24) is 0 Å². The van der Waals surface area contributed by atoms with Gasteiger partial charge in [-0.05, 0) is 35.6 Å². The summed E-state index contributed by atoms with van der Waals surface area (Å²) in [5.74, 6) is 0.619. The third-order valence-electron chi connectivity index (χ3n) is 2.61. The van der Waals surface area contributed by atoms with Crippen molar-refractivity contribution in [2.24, 2.45) is 5.92 Å². The van der Waals surface area contributed by atoms with Crippen LogP contribution in [0.25, 0.3) is 5.57 Å². The summed E-state index contributed by atoms with van der Waals surface area (Å²) in [5.41, 5.74) is 2.18. The maximum atomic E-state index is 9.67. The van der Waals surface area contributed by atoms with E-state index in [1.165, 1.54) is 0 Å². The highest BCUT2D eigenvalue weighted by atomic mass is 16.3. The summed E-state index contributed by atoms with van der Waals surface area (Å²) in [4.78, 5) is 0. The zero-order valence-corrected chi connectivity index (χ0v) is 10.1. The van der Waals surface area contributed by atoms with E-state index in [1.807, 2.05) is 25.1 Å². The minimum Gasteiger partial charge on any atom is -0.508 e. The maximum Gasteiger partial charge on any atom is 0.115 e. The fourth-order valence-electron chi connectivity index (χ4n) is 1.60. The number of allylic oxidation sites excluding steroid dienone is 1. The molecule has 0 heterocycles. The Bertz CT molecular complexity index is 350. The molecular weight excluding hydrogens is 200 g/mol. The van der Waals surface area contributed by atoms with Crippen molar-refractivity contribution in [1.29, 1.82) is 0 Å². The van der Waals surface area contributed by atoms with Crippen LogP contribution in [0.1, 0.15) is 32.8 Å². The molecule has 1 rings (SSSR count). The van der Waals surface area contributed by atoms with E-state index in [4.69, 9.17) is 0 Å². The Balaban J connectivity index is 3.03. The van der Waals surface area contributed by atoms with Crippen LogP contribution in [0.2, 0.25) is 0 Å². The highest BCUT2D eigenvalue weighted by Gasteiger charge is 2.08. The molecule has 2 N–H and O–H groups in total. The fraction of sp³-hybridized carbons (Fsp3) is 0.429. The largest absolute Gasteiger partial charge is 0.508 e. The number of rotatable bonds is 4. The molecule has 16 heavy (non-hydrogen) atoms. The normalized spacial score (nSPS) is 14.2. The van der Waals surface area contributed by atoms with Gasteiger partial charge in [0.25, 0.3) is 0 Å². The number of benzene rings is 1. The van der Waals surface area contributed by atoms with Gasteiger partial charge in [-0.2, -0.15) is 0 Å². The number of aliphatic hydroxyl groups excluding tert-OH is 1. The summed E-state index contributed by atoms with van der Waals surface area (Å²) in [6, 6.07) is 7.10. The summed E-state index contributed by atoms with van der Waals surface area (Å²) in [6.07, 6.45) is 2.22. The van der Waals surface area contributed by atoms with Gasteiger partial charge in [-0.15, -0.1) is 0 Å². The van der Waals surface area contributed by atoms with E-state index in [0.717, 1.165) is 11.1 Å². The first kappa shape index (κ1) is 12.8. The molecule has 1 unspecified atom stereocenters. The van der Waals surface area contributed by atoms with E-state index in [1.54, 1.807) is 12.1 Å². The average Bonchev–Trinajstić information content (AvgIpc) is 2.26. The summed E-state index contributed by atoms with van der Waals surface area (Å²) >= 11 is 0. The molecule has 0 amide bonds. The van der Waals surface area contributed by atoms with Crippen molar-refractivity contribution in [3.05, 3.63) is 35.9 Å². The molecule has 0 aliphatic carbocycles. The van der Waals surface area contributed by atoms with Gasteiger partial charge in [0.1, 0.15) is 5.75 Å². The molecule has 88 valence electrons. The van der Waals surface area contributed by atoms with Gasteiger partial charge < -0.3 is 10.2 Å². The van der Waals surface area contributed by atoms with Crippen LogP contribution in [0.15, 0.2) is 30.3 Å². The Morgan fingerprint density at radius 2 is 1.81 bits per heavy atom. The van der Waals surface area contributed by atoms with E-state index < -0.39 is 6.10 Å². The number of aromatic hydroxyl groups is 1. The van der Waals surface area contributed by atoms with Gasteiger partial charge in [0.2, 0.25) is 0 Å². The zero-order valence-electron chi connectivity index (χ0n) is 10.1. The van der Waals surface area contributed by atoms with E-state index in [9.17, 15) is 10.2 Å². The first-order valence-corrected chi connectivity index (χ1v) is 5.73. The number of phenolic OH excluding ortho intramolecular Hbond substituents is 1. The molecular formula is C14H20O2. The Hall–Kier alpha value is -1.28. The molecule has 2 nitrogen and oxygen atoms in total. The first-order valence-electron chi connectivity index (χ1n) is 5.73. The number of aliphatic hydroxyl groups is 1. The predicted octanol–water partition coefficient (Wildman–Crippen LogP) is 3.20. The highest BCUT2D eigenvalue weighted by molar-refractivity contribution is 5.67. The van der Waals surface area contributed by atoms with Gasteiger partial charge in [0.15, 0.2) is 0 Å². The van der Waals surface area contributed by atoms with E-state index in [0.29, 0.717) is 12.3 Å². The Labute approximate surface area is 97.2 Å². The van der Waals surface area contributed by atoms with Crippen LogP contribution in [0.4, 0.5) is 0 Å². The predicted molar refractivity (Wildman–Crippen MR) is 67.2 cm³/mol. The van der Waals surface area contributed by atoms with E-state index in [2.05, 4.69) is 13.8 Å². The molecule has 0 bridgehead atoms. The zero-order chi connectivity index (χ0) is 12.1. The second-order valence-corrected chi connectivity index (χ2v) is 4.30. The summed E-state index contributed by atoms with van der Waals surface area (Å²) < 4.78 is 0. The van der Waals surface area contributed by atoms with Crippen molar-refractivity contribution in [3.63, 3.8) is 0 Å². The third kappa shape index (κ3) is 3.38. The minimum absolute atomic E-state index is 0.267. The topological polar surface area (TPSA) is 40.5 Å². The van der Waals surface area contributed by atoms with Gasteiger partial charge in [-0.25, -0.2) is 0 Å². The second kappa shape index (κ2) is 5.71. The minimum atomic E-state index is -0.397. The van der Waals surface area contributed by atoms with E-state index in [-0.39, 0.29) is 5.75 Å². The third-order valence-corrected chi connectivity index (χ3v) is 2.61. The monoisotopic (exact) mass is 220 g/mol. The van der Waals surface area contributed by atoms with Crippen molar-refractivity contribution in [3.8, 4) is 5.75 Å². The molecule has 1 atom stereocenters. The fourth-order valence-corrected chi connectivity index (χ4v) is 1.60. The number of phenols is 1. The van der Waals surface area contributed by atoms with Crippen LogP contribution in [-0.2, 0) is 0 Å². The highest BCUT2D eigenvalue weighted by Crippen LogP contribution is 2.25. The van der Waals surface area contributed by atoms with Crippen LogP contribution in [-0.4, -0.2) is 16.3 Å². The molecule has 1 aromatic rings. The molecule has 0 radical (unpaired) electrons. The Kier molecular flexibility index (Phi) is 4.56. The number of hydrogen-bond donors (Lipinski definition) is 2. The van der Waals surface area contributed by atoms with Crippen LogP contribution in [0.3, 0.4) is 0 Å².